The second-order valence-electron chi connectivity index (χ2n) is 4.38. The Labute approximate surface area is 127 Å². The van der Waals surface area contributed by atoms with E-state index in [1.54, 1.807) is 42.5 Å². The van der Waals surface area contributed by atoms with Crippen molar-refractivity contribution in [2.45, 2.75) is 0 Å². The quantitative estimate of drug-likeness (QED) is 0.696. The second-order valence-corrected chi connectivity index (χ2v) is 4.38. The normalized spacial score (nSPS) is 10.5. The van der Waals surface area contributed by atoms with Gasteiger partial charge in [-0.25, -0.2) is 9.18 Å². The number of methoxy groups -OCH3 is 1. The van der Waals surface area contributed by atoms with E-state index in [1.165, 1.54) is 25.3 Å². The van der Waals surface area contributed by atoms with Gasteiger partial charge in [0, 0.05) is 11.6 Å². The molecule has 0 fully saturated rings. The standard InChI is InChI=1S/C17H14FNO3/c1-22-17(21)13-7-3-5-9-15(13)19-16(20)11-10-12-6-2-4-8-14(12)18/h2-11H,1H3,(H,19,20)/b11-10+. The highest BCUT2D eigenvalue weighted by atomic mass is 19.1. The smallest absolute Gasteiger partial charge is 0.339 e. The van der Waals surface area contributed by atoms with Crippen LogP contribution in [0.2, 0.25) is 0 Å². The van der Waals surface area contributed by atoms with Crippen molar-refractivity contribution in [2.24, 2.45) is 0 Å². The highest BCUT2D eigenvalue weighted by molar-refractivity contribution is 6.06. The number of rotatable bonds is 4. The zero-order valence-corrected chi connectivity index (χ0v) is 11.9. The number of ether oxygens (including phenoxy) is 1. The van der Waals surface area contributed by atoms with E-state index in [-0.39, 0.29) is 5.56 Å². The maximum Gasteiger partial charge on any atom is 0.339 e. The van der Waals surface area contributed by atoms with Gasteiger partial charge in [-0.3, -0.25) is 4.79 Å². The van der Waals surface area contributed by atoms with Gasteiger partial charge in [-0.15, -0.1) is 0 Å². The number of anilines is 1. The second kappa shape index (κ2) is 7.17. The summed E-state index contributed by atoms with van der Waals surface area (Å²) in [6, 6.07) is 12.6. The molecule has 0 aromatic heterocycles. The van der Waals surface area contributed by atoms with Crippen molar-refractivity contribution >= 4 is 23.6 Å². The van der Waals surface area contributed by atoms with Gasteiger partial charge in [-0.1, -0.05) is 30.3 Å². The van der Waals surface area contributed by atoms with Crippen molar-refractivity contribution in [1.29, 1.82) is 0 Å². The molecule has 2 rings (SSSR count). The van der Waals surface area contributed by atoms with Crippen molar-refractivity contribution in [2.75, 3.05) is 12.4 Å². The summed E-state index contributed by atoms with van der Waals surface area (Å²) in [7, 11) is 1.26. The maximum absolute atomic E-state index is 13.4. The number of amides is 1. The highest BCUT2D eigenvalue weighted by Gasteiger charge is 2.12. The zero-order valence-electron chi connectivity index (χ0n) is 11.9. The van der Waals surface area contributed by atoms with E-state index in [0.29, 0.717) is 11.3 Å². The summed E-state index contributed by atoms with van der Waals surface area (Å²) in [4.78, 5) is 23.5. The summed E-state index contributed by atoms with van der Waals surface area (Å²) in [5.41, 5.74) is 0.883. The van der Waals surface area contributed by atoms with Crippen LogP contribution in [-0.2, 0) is 9.53 Å². The Balaban J connectivity index is 2.13. The number of esters is 1. The van der Waals surface area contributed by atoms with Gasteiger partial charge in [-0.2, -0.15) is 0 Å². The average molecular weight is 299 g/mol. The number of hydrogen-bond donors (Lipinski definition) is 1. The topological polar surface area (TPSA) is 55.4 Å². The van der Waals surface area contributed by atoms with Crippen molar-refractivity contribution in [3.05, 3.63) is 71.6 Å². The monoisotopic (exact) mass is 299 g/mol. The molecule has 0 spiro atoms. The third kappa shape index (κ3) is 3.79. The van der Waals surface area contributed by atoms with Gasteiger partial charge in [0.15, 0.2) is 0 Å². The molecule has 0 aliphatic heterocycles. The van der Waals surface area contributed by atoms with Crippen LogP contribution in [0.3, 0.4) is 0 Å². The molecule has 4 nitrogen and oxygen atoms in total. The lowest BCUT2D eigenvalue weighted by Crippen LogP contribution is -2.12. The molecule has 0 radical (unpaired) electrons. The SMILES string of the molecule is COC(=O)c1ccccc1NC(=O)/C=C/c1ccccc1F. The Bertz CT molecular complexity index is 725. The minimum Gasteiger partial charge on any atom is -0.465 e. The predicted octanol–water partition coefficient (Wildman–Crippen LogP) is 3.26. The van der Waals surface area contributed by atoms with E-state index < -0.39 is 17.7 Å². The first-order chi connectivity index (χ1) is 10.6. The van der Waals surface area contributed by atoms with Gasteiger partial charge in [0.05, 0.1) is 18.4 Å². The average Bonchev–Trinajstić information content (AvgIpc) is 2.54. The summed E-state index contributed by atoms with van der Waals surface area (Å²) in [5, 5.41) is 2.57. The number of carbonyl (C=O) groups excluding carboxylic acids is 2. The van der Waals surface area contributed by atoms with Gasteiger partial charge < -0.3 is 10.1 Å². The molecule has 112 valence electrons. The van der Waals surface area contributed by atoms with E-state index >= 15 is 0 Å². The molecule has 0 bridgehead atoms. The van der Waals surface area contributed by atoms with Crippen LogP contribution in [0.4, 0.5) is 10.1 Å². The molecular formula is C17H14FNO3. The van der Waals surface area contributed by atoms with Crippen molar-refractivity contribution < 1.29 is 18.7 Å². The van der Waals surface area contributed by atoms with Crippen molar-refractivity contribution in [3.8, 4) is 0 Å². The number of carbonyl (C=O) groups is 2. The van der Waals surface area contributed by atoms with Gasteiger partial charge in [0.2, 0.25) is 5.91 Å². The first kappa shape index (κ1) is 15.4. The Kier molecular flexibility index (Phi) is 5.03. The highest BCUT2D eigenvalue weighted by Crippen LogP contribution is 2.16. The molecule has 0 saturated heterocycles. The number of benzene rings is 2. The minimum absolute atomic E-state index is 0.248. The predicted molar refractivity (Wildman–Crippen MR) is 81.8 cm³/mol. The van der Waals surface area contributed by atoms with E-state index in [2.05, 4.69) is 10.1 Å². The van der Waals surface area contributed by atoms with E-state index in [9.17, 15) is 14.0 Å². The van der Waals surface area contributed by atoms with Gasteiger partial charge >= 0.3 is 5.97 Å². The Morgan fingerprint density at radius 1 is 1.09 bits per heavy atom. The lowest BCUT2D eigenvalue weighted by molar-refractivity contribution is -0.111. The molecule has 2 aromatic rings. The summed E-state index contributed by atoms with van der Waals surface area (Å²) < 4.78 is 18.1. The van der Waals surface area contributed by atoms with E-state index in [1.807, 2.05) is 0 Å². The lowest BCUT2D eigenvalue weighted by atomic mass is 10.1. The summed E-state index contributed by atoms with van der Waals surface area (Å²) in [6.45, 7) is 0. The fourth-order valence-electron chi connectivity index (χ4n) is 1.83. The zero-order chi connectivity index (χ0) is 15.9. The van der Waals surface area contributed by atoms with Crippen LogP contribution in [0.5, 0.6) is 0 Å². The van der Waals surface area contributed by atoms with Crippen LogP contribution >= 0.6 is 0 Å². The van der Waals surface area contributed by atoms with Crippen molar-refractivity contribution in [3.63, 3.8) is 0 Å². The van der Waals surface area contributed by atoms with Crippen LogP contribution in [0.15, 0.2) is 54.6 Å². The number of para-hydroxylation sites is 1. The number of hydrogen-bond acceptors (Lipinski definition) is 3. The molecule has 0 atom stereocenters. The first-order valence-corrected chi connectivity index (χ1v) is 6.52. The molecule has 2 aromatic carbocycles. The fraction of sp³-hybridized carbons (Fsp3) is 0.0588. The third-order valence-electron chi connectivity index (χ3n) is 2.91. The van der Waals surface area contributed by atoms with Gasteiger partial charge in [0.25, 0.3) is 0 Å². The minimum atomic E-state index is -0.547. The first-order valence-electron chi connectivity index (χ1n) is 6.52. The Morgan fingerprint density at radius 3 is 2.50 bits per heavy atom. The maximum atomic E-state index is 13.4. The number of halogens is 1. The van der Waals surface area contributed by atoms with Crippen LogP contribution in [0, 0.1) is 5.82 Å². The third-order valence-corrected chi connectivity index (χ3v) is 2.91. The fourth-order valence-corrected chi connectivity index (χ4v) is 1.83. The molecule has 22 heavy (non-hydrogen) atoms. The van der Waals surface area contributed by atoms with E-state index in [4.69, 9.17) is 0 Å². The Morgan fingerprint density at radius 2 is 1.77 bits per heavy atom. The lowest BCUT2D eigenvalue weighted by Gasteiger charge is -2.07. The molecule has 0 unspecified atom stereocenters. The molecule has 0 aliphatic rings. The van der Waals surface area contributed by atoms with Crippen molar-refractivity contribution in [1.82, 2.24) is 0 Å². The van der Waals surface area contributed by atoms with Crippen LogP contribution in [0.25, 0.3) is 6.08 Å². The molecule has 1 amide bonds. The van der Waals surface area contributed by atoms with Gasteiger partial charge in [-0.05, 0) is 24.3 Å². The Hall–Kier alpha value is -2.95. The molecule has 0 saturated carbocycles. The molecule has 0 aliphatic carbocycles. The van der Waals surface area contributed by atoms with E-state index in [0.717, 1.165) is 0 Å². The largest absolute Gasteiger partial charge is 0.465 e. The van der Waals surface area contributed by atoms with Crippen LogP contribution in [0.1, 0.15) is 15.9 Å². The van der Waals surface area contributed by atoms with Crippen LogP contribution < -0.4 is 5.32 Å². The van der Waals surface area contributed by atoms with Crippen LogP contribution in [-0.4, -0.2) is 19.0 Å². The molecule has 0 heterocycles. The van der Waals surface area contributed by atoms with Gasteiger partial charge in [0.1, 0.15) is 5.82 Å². The molecule has 5 heteroatoms. The summed E-state index contributed by atoms with van der Waals surface area (Å²) in [6.07, 6.45) is 2.57. The summed E-state index contributed by atoms with van der Waals surface area (Å²) >= 11 is 0. The summed E-state index contributed by atoms with van der Waals surface area (Å²) in [5.74, 6) is -1.44. The number of nitrogens with one attached hydrogen (secondary N) is 1. The molecular weight excluding hydrogens is 285 g/mol. The molecule has 1 N–H and O–H groups in total.